The lowest BCUT2D eigenvalue weighted by Crippen LogP contribution is -2.30. The summed E-state index contributed by atoms with van der Waals surface area (Å²) in [5, 5.41) is 29.6. The highest BCUT2D eigenvalue weighted by molar-refractivity contribution is 5.13. The molecule has 2 rings (SSSR count). The number of β-amino-alcohol motifs (C(OH)–C–C–N with tert-alkyl or cyclic N) is 1. The summed E-state index contributed by atoms with van der Waals surface area (Å²) in [5.74, 6) is 0. The summed E-state index contributed by atoms with van der Waals surface area (Å²) in [6.07, 6.45) is 0. The van der Waals surface area contributed by atoms with Gasteiger partial charge < -0.3 is 10.2 Å². The third-order valence-electron chi connectivity index (χ3n) is 2.77. The fraction of sp³-hybridized carbons (Fsp3) is 0.538. The molecule has 4 N–H and O–H groups in total. The molecule has 2 unspecified atom stereocenters. The zero-order chi connectivity index (χ0) is 15.7. The van der Waals surface area contributed by atoms with Crippen molar-refractivity contribution in [2.45, 2.75) is 25.3 Å². The van der Waals surface area contributed by atoms with Crippen LogP contribution in [0.3, 0.4) is 0 Å². The fourth-order valence-corrected chi connectivity index (χ4v) is 1.18. The number of aliphatic hydroxyl groups excluding tert-OH is 1. The second-order valence-corrected chi connectivity index (χ2v) is 4.80. The minimum atomic E-state index is -0.903. The Morgan fingerprint density at radius 2 is 2.14 bits per heavy atom. The highest BCUT2D eigenvalue weighted by Crippen LogP contribution is 2.08. The highest BCUT2D eigenvalue weighted by Gasteiger charge is 2.38. The van der Waals surface area contributed by atoms with Crippen LogP contribution < -0.4 is 10.8 Å². The zero-order valence-electron chi connectivity index (χ0n) is 11.9. The summed E-state index contributed by atoms with van der Waals surface area (Å²) in [5.41, 5.74) is 2.70. The van der Waals surface area contributed by atoms with Gasteiger partial charge >= 0.3 is 0 Å². The molecule has 8 nitrogen and oxygen atoms in total. The van der Waals surface area contributed by atoms with Crippen LogP contribution in [0.25, 0.3) is 0 Å². The molecule has 1 saturated heterocycles. The summed E-state index contributed by atoms with van der Waals surface area (Å²) >= 11 is 0. The maximum Gasteiger partial charge on any atom is 0.224 e. The number of benzene rings is 1. The maximum atomic E-state index is 10.3. The van der Waals surface area contributed by atoms with E-state index in [1.807, 2.05) is 30.3 Å². The van der Waals surface area contributed by atoms with Gasteiger partial charge in [-0.2, -0.15) is 5.48 Å². The van der Waals surface area contributed by atoms with Crippen LogP contribution in [0.4, 0.5) is 0 Å². The predicted octanol–water partition coefficient (Wildman–Crippen LogP) is -0.357. The average molecular weight is 299 g/mol. The van der Waals surface area contributed by atoms with Gasteiger partial charge in [0.05, 0.1) is 19.8 Å². The molecular formula is C13H21N3O5. The number of nitrogens with one attached hydrogen (secondary N) is 2. The number of aliphatic hydroxyl groups is 2. The lowest BCUT2D eigenvalue weighted by Gasteiger charge is -2.06. The Bertz CT molecular complexity index is 425. The van der Waals surface area contributed by atoms with Gasteiger partial charge in [-0.15, -0.1) is 0 Å². The Labute approximate surface area is 122 Å². The van der Waals surface area contributed by atoms with E-state index in [4.69, 9.17) is 15.1 Å². The first-order valence-electron chi connectivity index (χ1n) is 6.57. The van der Waals surface area contributed by atoms with Crippen molar-refractivity contribution in [3.8, 4) is 0 Å². The van der Waals surface area contributed by atoms with Crippen molar-refractivity contribution in [3.05, 3.63) is 46.0 Å². The zero-order valence-corrected chi connectivity index (χ0v) is 11.9. The molecule has 1 heterocycles. The van der Waals surface area contributed by atoms with Gasteiger partial charge in [0, 0.05) is 18.4 Å². The first kappa shape index (κ1) is 17.5. The van der Waals surface area contributed by atoms with Crippen LogP contribution in [-0.4, -0.2) is 46.6 Å². The van der Waals surface area contributed by atoms with E-state index in [9.17, 15) is 10.1 Å². The van der Waals surface area contributed by atoms with Gasteiger partial charge in [-0.25, -0.2) is 0 Å². The number of hydrogen-bond acceptors (Lipinski definition) is 7. The van der Waals surface area contributed by atoms with Crippen molar-refractivity contribution in [1.29, 1.82) is 0 Å². The Balaban J connectivity index is 0.000000304. The number of hydrogen-bond donors (Lipinski definition) is 4. The van der Waals surface area contributed by atoms with Crippen LogP contribution in [0.1, 0.15) is 12.5 Å². The molecule has 118 valence electrons. The van der Waals surface area contributed by atoms with Crippen LogP contribution in [0.2, 0.25) is 0 Å². The van der Waals surface area contributed by atoms with Gasteiger partial charge in [0.25, 0.3) is 0 Å². The molecule has 0 spiro atoms. The molecule has 0 aromatic heterocycles. The van der Waals surface area contributed by atoms with Crippen LogP contribution in [-0.2, 0) is 11.4 Å². The quantitative estimate of drug-likeness (QED) is 0.234. The van der Waals surface area contributed by atoms with Gasteiger partial charge in [0.2, 0.25) is 6.04 Å². The normalized spacial score (nSPS) is 21.1. The standard InChI is InChI=1S/C10H14N2O3.C3H7NO2/c1-9(12(13)14)7-11-15-8-10-5-3-2-4-6-10;5-2-3(6)1-4-3/h2-6,9,11H,7-8H2,1H3;4-6H,1-2H2. The molecule has 1 aromatic carbocycles. The Morgan fingerprint density at radius 1 is 1.52 bits per heavy atom. The number of nitrogens with zero attached hydrogens (tertiary/aromatic N) is 1. The second kappa shape index (κ2) is 8.65. The van der Waals surface area contributed by atoms with Crippen molar-refractivity contribution in [2.24, 2.45) is 0 Å². The summed E-state index contributed by atoms with van der Waals surface area (Å²) in [6.45, 7) is 2.50. The molecule has 8 heteroatoms. The SMILES string of the molecule is CC(CNOCc1ccccc1)[N+](=O)[O-].OCC1(O)CN1. The minimum Gasteiger partial charge on any atom is -0.392 e. The van der Waals surface area contributed by atoms with E-state index in [0.29, 0.717) is 13.2 Å². The molecule has 21 heavy (non-hydrogen) atoms. The Morgan fingerprint density at radius 3 is 2.57 bits per heavy atom. The van der Waals surface area contributed by atoms with E-state index in [2.05, 4.69) is 10.8 Å². The van der Waals surface area contributed by atoms with Crippen molar-refractivity contribution in [1.82, 2.24) is 10.8 Å². The van der Waals surface area contributed by atoms with E-state index in [-0.39, 0.29) is 18.1 Å². The molecule has 1 aromatic rings. The topological polar surface area (TPSA) is 127 Å². The van der Waals surface area contributed by atoms with Gasteiger partial charge in [-0.1, -0.05) is 30.3 Å². The molecule has 1 aliphatic rings. The van der Waals surface area contributed by atoms with E-state index in [1.165, 1.54) is 6.92 Å². The summed E-state index contributed by atoms with van der Waals surface area (Å²) < 4.78 is 0. The summed E-state index contributed by atoms with van der Waals surface area (Å²) in [4.78, 5) is 15.0. The molecule has 1 aliphatic heterocycles. The smallest absolute Gasteiger partial charge is 0.224 e. The molecule has 0 amide bonds. The molecule has 0 bridgehead atoms. The fourth-order valence-electron chi connectivity index (χ4n) is 1.18. The molecule has 0 aliphatic carbocycles. The largest absolute Gasteiger partial charge is 0.392 e. The summed E-state index contributed by atoms with van der Waals surface area (Å²) in [6, 6.07) is 8.97. The van der Waals surface area contributed by atoms with Crippen LogP contribution in [0.5, 0.6) is 0 Å². The maximum absolute atomic E-state index is 10.3. The van der Waals surface area contributed by atoms with Gasteiger partial charge in [0.15, 0.2) is 5.72 Å². The van der Waals surface area contributed by atoms with E-state index in [0.717, 1.165) is 5.56 Å². The monoisotopic (exact) mass is 299 g/mol. The second-order valence-electron chi connectivity index (χ2n) is 4.80. The first-order chi connectivity index (χ1) is 9.97. The highest BCUT2D eigenvalue weighted by atomic mass is 16.6. The molecular weight excluding hydrogens is 278 g/mol. The third-order valence-corrected chi connectivity index (χ3v) is 2.77. The van der Waals surface area contributed by atoms with Crippen LogP contribution >= 0.6 is 0 Å². The number of rotatable bonds is 7. The molecule has 0 radical (unpaired) electrons. The van der Waals surface area contributed by atoms with E-state index in [1.54, 1.807) is 0 Å². The van der Waals surface area contributed by atoms with Gasteiger partial charge in [0.1, 0.15) is 0 Å². The summed E-state index contributed by atoms with van der Waals surface area (Å²) in [7, 11) is 0. The molecule has 2 atom stereocenters. The van der Waals surface area contributed by atoms with E-state index < -0.39 is 11.8 Å². The average Bonchev–Trinajstić information content (AvgIpc) is 3.23. The Hall–Kier alpha value is -1.58. The van der Waals surface area contributed by atoms with Crippen molar-refractivity contribution in [2.75, 3.05) is 19.7 Å². The third kappa shape index (κ3) is 7.69. The van der Waals surface area contributed by atoms with Gasteiger partial charge in [-0.3, -0.25) is 20.3 Å². The Kier molecular flexibility index (Phi) is 7.20. The van der Waals surface area contributed by atoms with E-state index >= 15 is 0 Å². The predicted molar refractivity (Wildman–Crippen MR) is 75.7 cm³/mol. The van der Waals surface area contributed by atoms with Crippen LogP contribution in [0, 0.1) is 10.1 Å². The van der Waals surface area contributed by atoms with Crippen molar-refractivity contribution in [3.63, 3.8) is 0 Å². The number of nitro groups is 1. The first-order valence-corrected chi connectivity index (χ1v) is 6.57. The number of hydroxylamine groups is 1. The molecule has 0 saturated carbocycles. The van der Waals surface area contributed by atoms with Crippen LogP contribution in [0.15, 0.2) is 30.3 Å². The van der Waals surface area contributed by atoms with Gasteiger partial charge in [-0.05, 0) is 5.56 Å². The van der Waals surface area contributed by atoms with Crippen molar-refractivity contribution >= 4 is 0 Å². The lowest BCUT2D eigenvalue weighted by atomic mass is 10.2. The molecule has 1 fully saturated rings. The van der Waals surface area contributed by atoms with Crippen molar-refractivity contribution < 1.29 is 20.0 Å². The minimum absolute atomic E-state index is 0.174. The lowest BCUT2D eigenvalue weighted by molar-refractivity contribution is -0.517.